The minimum atomic E-state index is -1.10. The highest BCUT2D eigenvalue weighted by Crippen LogP contribution is 2.03. The molecule has 0 saturated carbocycles. The average molecular weight is 190 g/mol. The minimum absolute atomic E-state index is 0.764. The molecule has 0 aliphatic heterocycles. The molecule has 0 amide bonds. The Morgan fingerprint density at radius 3 is 2.36 bits per heavy atom. The second-order valence-corrected chi connectivity index (χ2v) is 2.37. The van der Waals surface area contributed by atoms with E-state index in [0.717, 1.165) is 11.1 Å². The van der Waals surface area contributed by atoms with E-state index < -0.39 is 5.97 Å². The maximum atomic E-state index is 10.1. The van der Waals surface area contributed by atoms with Gasteiger partial charge in [0, 0.05) is 11.5 Å². The van der Waals surface area contributed by atoms with Crippen LogP contribution in [0.15, 0.2) is 24.3 Å². The van der Waals surface area contributed by atoms with Crippen molar-refractivity contribution in [3.8, 4) is 11.8 Å². The fourth-order valence-electron chi connectivity index (χ4n) is 0.834. The third-order valence-electron chi connectivity index (χ3n) is 1.45. The van der Waals surface area contributed by atoms with Crippen molar-refractivity contribution in [1.29, 1.82) is 0 Å². The van der Waals surface area contributed by atoms with E-state index >= 15 is 0 Å². The van der Waals surface area contributed by atoms with Gasteiger partial charge in [-0.1, -0.05) is 38.0 Å². The molecule has 0 spiro atoms. The first-order chi connectivity index (χ1) is 6.70. The predicted octanol–water partition coefficient (Wildman–Crippen LogP) is 2.46. The fourth-order valence-corrected chi connectivity index (χ4v) is 0.834. The van der Waals surface area contributed by atoms with Gasteiger partial charge in [-0.3, -0.25) is 0 Å². The number of hydrogen-bond acceptors (Lipinski definition) is 1. The van der Waals surface area contributed by atoms with Gasteiger partial charge in [0.1, 0.15) is 0 Å². The topological polar surface area (TPSA) is 37.3 Å². The second-order valence-electron chi connectivity index (χ2n) is 2.37. The van der Waals surface area contributed by atoms with Crippen LogP contribution in [-0.4, -0.2) is 11.1 Å². The molecular formula is C12H14O2. The third kappa shape index (κ3) is 4.32. The van der Waals surface area contributed by atoms with Crippen molar-refractivity contribution in [2.24, 2.45) is 0 Å². The summed E-state index contributed by atoms with van der Waals surface area (Å²) >= 11 is 0. The second kappa shape index (κ2) is 6.73. The lowest BCUT2D eigenvalue weighted by molar-refractivity contribution is -0.130. The molecule has 1 rings (SSSR count). The van der Waals surface area contributed by atoms with E-state index in [0.29, 0.717) is 0 Å². The summed E-state index contributed by atoms with van der Waals surface area (Å²) < 4.78 is 0. The predicted molar refractivity (Wildman–Crippen MR) is 57.0 cm³/mol. The highest BCUT2D eigenvalue weighted by Gasteiger charge is 1.91. The highest BCUT2D eigenvalue weighted by atomic mass is 16.4. The first-order valence-electron chi connectivity index (χ1n) is 4.51. The molecule has 0 heterocycles. The number of carbonyl (C=O) groups is 1. The molecular weight excluding hydrogens is 176 g/mol. The van der Waals surface area contributed by atoms with E-state index in [1.807, 2.05) is 39.0 Å². The first kappa shape index (κ1) is 12.2. The first-order valence-corrected chi connectivity index (χ1v) is 4.51. The minimum Gasteiger partial charge on any atom is -0.472 e. The summed E-state index contributed by atoms with van der Waals surface area (Å²) in [6.45, 7) is 5.89. The summed E-state index contributed by atoms with van der Waals surface area (Å²) in [7, 11) is 0. The van der Waals surface area contributed by atoms with E-state index in [1.165, 1.54) is 0 Å². The van der Waals surface area contributed by atoms with Crippen molar-refractivity contribution in [2.75, 3.05) is 0 Å². The molecule has 1 aromatic rings. The number of carboxylic acids is 1. The monoisotopic (exact) mass is 190 g/mol. The molecule has 0 fully saturated rings. The van der Waals surface area contributed by atoms with Crippen LogP contribution in [-0.2, 0) is 4.79 Å². The van der Waals surface area contributed by atoms with Gasteiger partial charge in [0.15, 0.2) is 0 Å². The van der Waals surface area contributed by atoms with Crippen LogP contribution in [0.5, 0.6) is 0 Å². The molecule has 2 heteroatoms. The number of benzene rings is 1. The summed E-state index contributed by atoms with van der Waals surface area (Å²) in [5, 5.41) is 8.29. The Bertz CT molecular complexity index is 356. The summed E-state index contributed by atoms with van der Waals surface area (Å²) in [4.78, 5) is 10.1. The van der Waals surface area contributed by atoms with Crippen LogP contribution >= 0.6 is 0 Å². The van der Waals surface area contributed by atoms with Crippen molar-refractivity contribution in [3.63, 3.8) is 0 Å². The molecule has 0 atom stereocenters. The Morgan fingerprint density at radius 2 is 1.86 bits per heavy atom. The van der Waals surface area contributed by atoms with Crippen LogP contribution in [0.1, 0.15) is 25.0 Å². The van der Waals surface area contributed by atoms with E-state index in [2.05, 4.69) is 11.8 Å². The van der Waals surface area contributed by atoms with Crippen LogP contribution < -0.4 is 0 Å². The molecule has 0 aliphatic rings. The Labute approximate surface area is 84.6 Å². The number of carboxylic acid groups (broad SMARTS) is 1. The quantitative estimate of drug-likeness (QED) is 0.638. The van der Waals surface area contributed by atoms with Crippen molar-refractivity contribution < 1.29 is 9.90 Å². The van der Waals surface area contributed by atoms with E-state index in [4.69, 9.17) is 5.11 Å². The summed E-state index contributed by atoms with van der Waals surface area (Å²) in [5.41, 5.74) is 1.76. The standard InChI is InChI=1S/C10H8O2.C2H6/c1-8-4-2-3-5-9(8)6-7-10(11)12;1-2/h2-5H,1H3,(H,11,12);1-2H3. The van der Waals surface area contributed by atoms with E-state index in [9.17, 15) is 4.79 Å². The summed E-state index contributed by atoms with van der Waals surface area (Å²) in [6.07, 6.45) is 0. The summed E-state index contributed by atoms with van der Waals surface area (Å²) in [5.74, 6) is 3.53. The SMILES string of the molecule is CC.Cc1ccccc1C#CC(=O)O. The Kier molecular flexibility index (Phi) is 5.89. The fraction of sp³-hybridized carbons (Fsp3) is 0.250. The van der Waals surface area contributed by atoms with Crippen LogP contribution in [0, 0.1) is 18.8 Å². The van der Waals surface area contributed by atoms with Gasteiger partial charge in [-0.25, -0.2) is 4.79 Å². The summed E-state index contributed by atoms with van der Waals surface area (Å²) in [6, 6.07) is 7.41. The molecule has 0 unspecified atom stereocenters. The van der Waals surface area contributed by atoms with Crippen LogP contribution in [0.25, 0.3) is 0 Å². The van der Waals surface area contributed by atoms with Gasteiger partial charge in [0.25, 0.3) is 0 Å². The van der Waals surface area contributed by atoms with Crippen molar-refractivity contribution in [3.05, 3.63) is 35.4 Å². The van der Waals surface area contributed by atoms with Gasteiger partial charge in [0.2, 0.25) is 0 Å². The van der Waals surface area contributed by atoms with Crippen molar-refractivity contribution in [1.82, 2.24) is 0 Å². The Hall–Kier alpha value is -1.75. The Morgan fingerprint density at radius 1 is 1.29 bits per heavy atom. The van der Waals surface area contributed by atoms with Gasteiger partial charge in [0.05, 0.1) is 0 Å². The van der Waals surface area contributed by atoms with Gasteiger partial charge in [-0.2, -0.15) is 0 Å². The lowest BCUT2D eigenvalue weighted by atomic mass is 10.1. The smallest absolute Gasteiger partial charge is 0.382 e. The molecule has 0 radical (unpaired) electrons. The molecule has 0 aromatic heterocycles. The van der Waals surface area contributed by atoms with E-state index in [-0.39, 0.29) is 0 Å². The third-order valence-corrected chi connectivity index (χ3v) is 1.45. The lowest BCUT2D eigenvalue weighted by Gasteiger charge is -1.93. The lowest BCUT2D eigenvalue weighted by Crippen LogP contribution is -1.88. The van der Waals surface area contributed by atoms with Crippen molar-refractivity contribution in [2.45, 2.75) is 20.8 Å². The van der Waals surface area contributed by atoms with Crippen molar-refractivity contribution >= 4 is 5.97 Å². The van der Waals surface area contributed by atoms with Gasteiger partial charge >= 0.3 is 5.97 Å². The van der Waals surface area contributed by atoms with Gasteiger partial charge < -0.3 is 5.11 Å². The molecule has 1 N–H and O–H groups in total. The molecule has 0 bridgehead atoms. The number of hydrogen-bond donors (Lipinski definition) is 1. The normalized spacial score (nSPS) is 7.64. The average Bonchev–Trinajstić information content (AvgIpc) is 2.19. The van der Waals surface area contributed by atoms with Crippen LogP contribution in [0.3, 0.4) is 0 Å². The zero-order valence-corrected chi connectivity index (χ0v) is 8.66. The molecule has 0 saturated heterocycles. The maximum Gasteiger partial charge on any atom is 0.382 e. The largest absolute Gasteiger partial charge is 0.472 e. The number of aryl methyl sites for hydroxylation is 1. The Balaban J connectivity index is 0.000000791. The van der Waals surface area contributed by atoms with Crippen LogP contribution in [0.2, 0.25) is 0 Å². The molecule has 2 nitrogen and oxygen atoms in total. The molecule has 0 aliphatic carbocycles. The molecule has 1 aromatic carbocycles. The number of rotatable bonds is 0. The van der Waals surface area contributed by atoms with Gasteiger partial charge in [-0.05, 0) is 18.6 Å². The maximum absolute atomic E-state index is 10.1. The molecule has 14 heavy (non-hydrogen) atoms. The van der Waals surface area contributed by atoms with E-state index in [1.54, 1.807) is 6.07 Å². The number of aliphatic carboxylic acids is 1. The zero-order valence-electron chi connectivity index (χ0n) is 8.66. The van der Waals surface area contributed by atoms with Gasteiger partial charge in [-0.15, -0.1) is 0 Å². The zero-order chi connectivity index (χ0) is 11.0. The highest BCUT2D eigenvalue weighted by molar-refractivity contribution is 5.87. The molecule has 74 valence electrons. The van der Waals surface area contributed by atoms with Crippen LogP contribution in [0.4, 0.5) is 0 Å².